The van der Waals surface area contributed by atoms with Crippen molar-refractivity contribution in [2.75, 3.05) is 0 Å². The molecule has 10 heavy (non-hydrogen) atoms. The number of hydrogen-bond acceptors (Lipinski definition) is 1. The third kappa shape index (κ3) is 0.985. The van der Waals surface area contributed by atoms with Crippen LogP contribution in [0.15, 0.2) is 6.07 Å². The third-order valence-corrected chi connectivity index (χ3v) is 2.07. The highest BCUT2D eigenvalue weighted by Gasteiger charge is 2.06. The second kappa shape index (κ2) is 2.53. The number of rotatable bonds is 0. The van der Waals surface area contributed by atoms with Crippen LogP contribution in [0, 0.1) is 11.3 Å². The zero-order valence-corrected chi connectivity index (χ0v) is 6.74. The molecule has 0 aliphatic carbocycles. The van der Waals surface area contributed by atoms with E-state index in [-0.39, 0.29) is 0 Å². The molecule has 1 aromatic heterocycles. The fourth-order valence-electron chi connectivity index (χ4n) is 0.650. The molecule has 52 valence electrons. The van der Waals surface area contributed by atoms with E-state index in [9.17, 15) is 0 Å². The molecule has 0 saturated heterocycles. The molecule has 0 fully saturated rings. The highest BCUT2D eigenvalue weighted by atomic mass is 35.5. The summed E-state index contributed by atoms with van der Waals surface area (Å²) in [7, 11) is 1.69. The summed E-state index contributed by atoms with van der Waals surface area (Å²) >= 11 is 11.3. The van der Waals surface area contributed by atoms with E-state index in [2.05, 4.69) is 0 Å². The van der Waals surface area contributed by atoms with Crippen LogP contribution in [-0.4, -0.2) is 4.57 Å². The number of nitriles is 1. The maximum absolute atomic E-state index is 8.47. The van der Waals surface area contributed by atoms with Crippen LogP contribution in [0.25, 0.3) is 0 Å². The Morgan fingerprint density at radius 2 is 2.20 bits per heavy atom. The fourth-order valence-corrected chi connectivity index (χ4v) is 1.03. The van der Waals surface area contributed by atoms with Crippen LogP contribution in [0.3, 0.4) is 0 Å². The van der Waals surface area contributed by atoms with E-state index in [0.29, 0.717) is 15.9 Å². The van der Waals surface area contributed by atoms with Crippen molar-refractivity contribution in [2.24, 2.45) is 7.05 Å². The zero-order chi connectivity index (χ0) is 7.72. The summed E-state index contributed by atoms with van der Waals surface area (Å²) in [4.78, 5) is 0. The zero-order valence-electron chi connectivity index (χ0n) is 5.23. The van der Waals surface area contributed by atoms with Gasteiger partial charge < -0.3 is 4.57 Å². The summed E-state index contributed by atoms with van der Waals surface area (Å²) in [6.07, 6.45) is 0. The number of halogens is 2. The Morgan fingerprint density at radius 1 is 1.60 bits per heavy atom. The smallest absolute Gasteiger partial charge is 0.128 e. The van der Waals surface area contributed by atoms with Crippen LogP contribution in [-0.2, 0) is 7.05 Å². The van der Waals surface area contributed by atoms with Gasteiger partial charge in [-0.3, -0.25) is 0 Å². The van der Waals surface area contributed by atoms with Gasteiger partial charge in [0.25, 0.3) is 0 Å². The van der Waals surface area contributed by atoms with Gasteiger partial charge in [0.15, 0.2) is 0 Å². The lowest BCUT2D eigenvalue weighted by Crippen LogP contribution is -1.89. The Hall–Kier alpha value is -0.650. The van der Waals surface area contributed by atoms with Gasteiger partial charge in [-0.25, -0.2) is 0 Å². The van der Waals surface area contributed by atoms with E-state index in [0.717, 1.165) is 0 Å². The van der Waals surface area contributed by atoms with Crippen molar-refractivity contribution in [1.82, 2.24) is 4.57 Å². The predicted octanol–water partition coefficient (Wildman–Crippen LogP) is 2.20. The Morgan fingerprint density at radius 3 is 2.40 bits per heavy atom. The SMILES string of the molecule is Cn1c(C#N)cc(Cl)c1Cl. The maximum atomic E-state index is 8.47. The molecule has 0 amide bonds. The topological polar surface area (TPSA) is 28.7 Å². The second-order valence-corrected chi connectivity index (χ2v) is 2.60. The molecule has 4 heteroatoms. The van der Waals surface area contributed by atoms with Gasteiger partial charge in [0.05, 0.1) is 5.02 Å². The first-order chi connectivity index (χ1) is 4.66. The fraction of sp³-hybridized carbons (Fsp3) is 0.167. The van der Waals surface area contributed by atoms with Crippen molar-refractivity contribution in [3.63, 3.8) is 0 Å². The van der Waals surface area contributed by atoms with Crippen LogP contribution < -0.4 is 0 Å². The summed E-state index contributed by atoms with van der Waals surface area (Å²) in [5.74, 6) is 0. The number of hydrogen-bond donors (Lipinski definition) is 0. The summed E-state index contributed by atoms with van der Waals surface area (Å²) in [6.45, 7) is 0. The first-order valence-corrected chi connectivity index (χ1v) is 3.33. The molecule has 0 bridgehead atoms. The minimum atomic E-state index is 0.401. The van der Waals surface area contributed by atoms with Gasteiger partial charge in [0, 0.05) is 7.05 Å². The molecule has 1 aromatic rings. The summed E-state index contributed by atoms with van der Waals surface area (Å²) in [6, 6.07) is 3.48. The van der Waals surface area contributed by atoms with Gasteiger partial charge in [0.2, 0.25) is 0 Å². The third-order valence-electron chi connectivity index (χ3n) is 1.23. The highest BCUT2D eigenvalue weighted by molar-refractivity contribution is 6.41. The van der Waals surface area contributed by atoms with Gasteiger partial charge >= 0.3 is 0 Å². The molecule has 0 aromatic carbocycles. The molecule has 1 rings (SSSR count). The number of aromatic nitrogens is 1. The Bertz CT molecular complexity index is 295. The van der Waals surface area contributed by atoms with E-state index < -0.39 is 0 Å². The highest BCUT2D eigenvalue weighted by Crippen LogP contribution is 2.24. The monoisotopic (exact) mass is 174 g/mol. The van der Waals surface area contributed by atoms with Crippen LogP contribution in [0.2, 0.25) is 10.2 Å². The molecule has 0 radical (unpaired) electrons. The van der Waals surface area contributed by atoms with Gasteiger partial charge in [-0.05, 0) is 6.07 Å². The van der Waals surface area contributed by atoms with Gasteiger partial charge in [0.1, 0.15) is 16.9 Å². The minimum absolute atomic E-state index is 0.401. The summed E-state index contributed by atoms with van der Waals surface area (Å²) in [5, 5.41) is 9.29. The lowest BCUT2D eigenvalue weighted by Gasteiger charge is -1.92. The van der Waals surface area contributed by atoms with E-state index >= 15 is 0 Å². The van der Waals surface area contributed by atoms with Crippen molar-refractivity contribution in [2.45, 2.75) is 0 Å². The Balaban J connectivity index is 3.34. The van der Waals surface area contributed by atoms with Crippen LogP contribution in [0.5, 0.6) is 0 Å². The summed E-state index contributed by atoms with van der Waals surface area (Å²) in [5.41, 5.74) is 0.468. The first-order valence-electron chi connectivity index (χ1n) is 2.57. The van der Waals surface area contributed by atoms with Gasteiger partial charge in [-0.1, -0.05) is 23.2 Å². The Labute approximate surface area is 68.6 Å². The molecule has 0 unspecified atom stereocenters. The first kappa shape index (κ1) is 7.46. The quantitative estimate of drug-likeness (QED) is 0.594. The van der Waals surface area contributed by atoms with Crippen molar-refractivity contribution < 1.29 is 0 Å². The molecular weight excluding hydrogens is 171 g/mol. The maximum Gasteiger partial charge on any atom is 0.128 e. The van der Waals surface area contributed by atoms with Crippen LogP contribution >= 0.6 is 23.2 Å². The molecule has 0 saturated carbocycles. The molecule has 0 aliphatic rings. The summed E-state index contributed by atoms with van der Waals surface area (Å²) < 4.78 is 1.53. The van der Waals surface area contributed by atoms with E-state index in [1.54, 1.807) is 7.05 Å². The lowest BCUT2D eigenvalue weighted by molar-refractivity contribution is 0.909. The standard InChI is InChI=1S/C6H4Cl2N2/c1-10-4(3-9)2-5(7)6(10)8/h2H,1H3. The minimum Gasteiger partial charge on any atom is -0.325 e. The predicted molar refractivity (Wildman–Crippen MR) is 40.1 cm³/mol. The average molecular weight is 175 g/mol. The number of nitrogens with zero attached hydrogens (tertiary/aromatic N) is 2. The van der Waals surface area contributed by atoms with Crippen molar-refractivity contribution in [3.8, 4) is 6.07 Å². The van der Waals surface area contributed by atoms with Gasteiger partial charge in [-0.2, -0.15) is 5.26 Å². The van der Waals surface area contributed by atoms with E-state index in [1.165, 1.54) is 10.6 Å². The largest absolute Gasteiger partial charge is 0.325 e. The van der Waals surface area contributed by atoms with Crippen LogP contribution in [0.1, 0.15) is 5.69 Å². The molecular formula is C6H4Cl2N2. The average Bonchev–Trinajstić information content (AvgIpc) is 2.17. The lowest BCUT2D eigenvalue weighted by atomic mass is 10.5. The normalized spacial score (nSPS) is 9.40. The molecule has 0 atom stereocenters. The van der Waals surface area contributed by atoms with Crippen molar-refractivity contribution in [1.29, 1.82) is 5.26 Å². The molecule has 0 aliphatic heterocycles. The second-order valence-electron chi connectivity index (χ2n) is 1.84. The van der Waals surface area contributed by atoms with E-state index in [4.69, 9.17) is 28.5 Å². The van der Waals surface area contributed by atoms with Crippen LogP contribution in [0.4, 0.5) is 0 Å². The van der Waals surface area contributed by atoms with Crippen molar-refractivity contribution >= 4 is 23.2 Å². The molecule has 2 nitrogen and oxygen atoms in total. The van der Waals surface area contributed by atoms with Crippen molar-refractivity contribution in [3.05, 3.63) is 21.9 Å². The molecule has 0 N–H and O–H groups in total. The van der Waals surface area contributed by atoms with Gasteiger partial charge in [-0.15, -0.1) is 0 Å². The molecule has 1 heterocycles. The Kier molecular flexibility index (Phi) is 1.89. The molecule has 0 spiro atoms. The van der Waals surface area contributed by atoms with E-state index in [1.807, 2.05) is 6.07 Å².